The average molecular weight is 280 g/mol. The smallest absolute Gasteiger partial charge is 0.289 e. The van der Waals surface area contributed by atoms with E-state index in [4.69, 9.17) is 9.52 Å². The molecule has 0 radical (unpaired) electrons. The van der Waals surface area contributed by atoms with Crippen LogP contribution in [-0.2, 0) is 4.79 Å². The summed E-state index contributed by atoms with van der Waals surface area (Å²) in [6.07, 6.45) is 4.21. The standard InChI is InChI=1S/C14H20N2O4/c1-16(13(19)11-3-2-8-20-11)9-12(18)15-10-14(4-5-14)6-7-17/h2-3,8,17H,4-7,9-10H2,1H3,(H,15,18). The number of rotatable bonds is 7. The predicted octanol–water partition coefficient (Wildman–Crippen LogP) is 0.630. The van der Waals surface area contributed by atoms with Crippen molar-refractivity contribution in [1.82, 2.24) is 10.2 Å². The Kier molecular flexibility index (Phi) is 4.44. The van der Waals surface area contributed by atoms with Crippen LogP contribution in [-0.4, -0.2) is 48.6 Å². The van der Waals surface area contributed by atoms with Gasteiger partial charge in [0.1, 0.15) is 0 Å². The van der Waals surface area contributed by atoms with Gasteiger partial charge in [-0.3, -0.25) is 9.59 Å². The Hall–Kier alpha value is -1.82. The first kappa shape index (κ1) is 14.6. The highest BCUT2D eigenvalue weighted by Crippen LogP contribution is 2.47. The molecule has 1 aliphatic rings. The van der Waals surface area contributed by atoms with E-state index in [0.29, 0.717) is 13.0 Å². The summed E-state index contributed by atoms with van der Waals surface area (Å²) in [4.78, 5) is 25.0. The number of carbonyl (C=O) groups excluding carboxylic acids is 2. The molecule has 2 amide bonds. The summed E-state index contributed by atoms with van der Waals surface area (Å²) in [6, 6.07) is 3.20. The van der Waals surface area contributed by atoms with Crippen molar-refractivity contribution in [2.45, 2.75) is 19.3 Å². The molecule has 0 aliphatic heterocycles. The normalized spacial score (nSPS) is 15.7. The van der Waals surface area contributed by atoms with Gasteiger partial charge in [0.15, 0.2) is 5.76 Å². The van der Waals surface area contributed by atoms with Gasteiger partial charge in [0.25, 0.3) is 5.91 Å². The number of likely N-dealkylation sites (N-methyl/N-ethyl adjacent to an activating group) is 1. The fraction of sp³-hybridized carbons (Fsp3) is 0.571. The average Bonchev–Trinajstić information content (AvgIpc) is 2.98. The van der Waals surface area contributed by atoms with Crippen LogP contribution < -0.4 is 5.32 Å². The van der Waals surface area contributed by atoms with Gasteiger partial charge in [-0.15, -0.1) is 0 Å². The highest BCUT2D eigenvalue weighted by atomic mass is 16.3. The molecule has 1 heterocycles. The van der Waals surface area contributed by atoms with Crippen LogP contribution in [0.4, 0.5) is 0 Å². The summed E-state index contributed by atoms with van der Waals surface area (Å²) < 4.78 is 5.00. The lowest BCUT2D eigenvalue weighted by Crippen LogP contribution is -2.40. The van der Waals surface area contributed by atoms with E-state index in [-0.39, 0.29) is 36.1 Å². The van der Waals surface area contributed by atoms with Crippen molar-refractivity contribution < 1.29 is 19.1 Å². The van der Waals surface area contributed by atoms with Crippen LogP contribution in [0.5, 0.6) is 0 Å². The molecule has 6 heteroatoms. The highest BCUT2D eigenvalue weighted by molar-refractivity contribution is 5.94. The van der Waals surface area contributed by atoms with Crippen LogP contribution in [0.2, 0.25) is 0 Å². The van der Waals surface area contributed by atoms with Gasteiger partial charge < -0.3 is 19.7 Å². The van der Waals surface area contributed by atoms with Gasteiger partial charge in [-0.25, -0.2) is 0 Å². The van der Waals surface area contributed by atoms with Crippen molar-refractivity contribution in [1.29, 1.82) is 0 Å². The molecule has 0 aromatic carbocycles. The number of nitrogens with zero attached hydrogens (tertiary/aromatic N) is 1. The van der Waals surface area contributed by atoms with Gasteiger partial charge in [-0.2, -0.15) is 0 Å². The van der Waals surface area contributed by atoms with Crippen LogP contribution in [0, 0.1) is 5.41 Å². The molecule has 0 spiro atoms. The first-order chi connectivity index (χ1) is 9.56. The Morgan fingerprint density at radius 1 is 1.50 bits per heavy atom. The summed E-state index contributed by atoms with van der Waals surface area (Å²) >= 11 is 0. The molecule has 1 aliphatic carbocycles. The molecule has 2 rings (SSSR count). The van der Waals surface area contributed by atoms with Crippen LogP contribution >= 0.6 is 0 Å². The molecule has 0 atom stereocenters. The number of nitrogens with one attached hydrogen (secondary N) is 1. The second kappa shape index (κ2) is 6.09. The molecule has 0 saturated heterocycles. The third-order valence-electron chi connectivity index (χ3n) is 3.72. The van der Waals surface area contributed by atoms with Crippen molar-refractivity contribution in [3.8, 4) is 0 Å². The molecule has 20 heavy (non-hydrogen) atoms. The topological polar surface area (TPSA) is 82.8 Å². The molecule has 1 fully saturated rings. The summed E-state index contributed by atoms with van der Waals surface area (Å²) in [6.45, 7) is 0.705. The lowest BCUT2D eigenvalue weighted by atomic mass is 10.0. The van der Waals surface area contributed by atoms with E-state index in [1.165, 1.54) is 11.2 Å². The van der Waals surface area contributed by atoms with Crippen LogP contribution in [0.1, 0.15) is 29.8 Å². The van der Waals surface area contributed by atoms with Crippen molar-refractivity contribution in [3.05, 3.63) is 24.2 Å². The quantitative estimate of drug-likeness (QED) is 0.767. The lowest BCUT2D eigenvalue weighted by molar-refractivity contribution is -0.121. The minimum Gasteiger partial charge on any atom is -0.459 e. The van der Waals surface area contributed by atoms with Crippen molar-refractivity contribution in [2.75, 3.05) is 26.7 Å². The molecule has 0 bridgehead atoms. The van der Waals surface area contributed by atoms with Crippen molar-refractivity contribution >= 4 is 11.8 Å². The van der Waals surface area contributed by atoms with Crippen molar-refractivity contribution in [2.24, 2.45) is 5.41 Å². The van der Waals surface area contributed by atoms with Crippen LogP contribution in [0.3, 0.4) is 0 Å². The summed E-state index contributed by atoms with van der Waals surface area (Å²) in [5.74, 6) is -0.294. The number of amides is 2. The minimum absolute atomic E-state index is 0.00522. The molecular formula is C14H20N2O4. The monoisotopic (exact) mass is 280 g/mol. The predicted molar refractivity (Wildman–Crippen MR) is 72.0 cm³/mol. The highest BCUT2D eigenvalue weighted by Gasteiger charge is 2.41. The number of aliphatic hydroxyl groups is 1. The second-order valence-corrected chi connectivity index (χ2v) is 5.39. The summed E-state index contributed by atoms with van der Waals surface area (Å²) in [5, 5.41) is 11.8. The van der Waals surface area contributed by atoms with E-state index in [1.54, 1.807) is 19.2 Å². The van der Waals surface area contributed by atoms with E-state index < -0.39 is 0 Å². The number of carbonyl (C=O) groups is 2. The number of furan rings is 1. The summed E-state index contributed by atoms with van der Waals surface area (Å²) in [7, 11) is 1.56. The minimum atomic E-state index is -0.318. The SMILES string of the molecule is CN(CC(=O)NCC1(CCO)CC1)C(=O)c1ccco1. The largest absolute Gasteiger partial charge is 0.459 e. The zero-order valence-corrected chi connectivity index (χ0v) is 11.6. The molecule has 0 unspecified atom stereocenters. The molecule has 6 nitrogen and oxygen atoms in total. The summed E-state index contributed by atoms with van der Waals surface area (Å²) in [5.41, 5.74) is 0.0774. The third kappa shape index (κ3) is 3.60. The molecule has 1 aromatic heterocycles. The first-order valence-corrected chi connectivity index (χ1v) is 6.73. The third-order valence-corrected chi connectivity index (χ3v) is 3.72. The number of aliphatic hydroxyl groups excluding tert-OH is 1. The van der Waals surface area contributed by atoms with Gasteiger partial charge in [0.2, 0.25) is 5.91 Å². The maximum Gasteiger partial charge on any atom is 0.289 e. The van der Waals surface area contributed by atoms with Crippen LogP contribution in [0.25, 0.3) is 0 Å². The van der Waals surface area contributed by atoms with Gasteiger partial charge >= 0.3 is 0 Å². The Bertz CT molecular complexity index is 466. The molecular weight excluding hydrogens is 260 g/mol. The van der Waals surface area contributed by atoms with E-state index in [2.05, 4.69) is 5.32 Å². The van der Waals surface area contributed by atoms with Crippen molar-refractivity contribution in [3.63, 3.8) is 0 Å². The van der Waals surface area contributed by atoms with E-state index in [0.717, 1.165) is 12.8 Å². The Morgan fingerprint density at radius 3 is 2.80 bits per heavy atom. The van der Waals surface area contributed by atoms with Gasteiger partial charge in [0, 0.05) is 20.2 Å². The zero-order valence-electron chi connectivity index (χ0n) is 11.6. The maximum absolute atomic E-state index is 11.9. The fourth-order valence-electron chi connectivity index (χ4n) is 2.15. The number of hydrogen-bond donors (Lipinski definition) is 2. The number of hydrogen-bond acceptors (Lipinski definition) is 4. The lowest BCUT2D eigenvalue weighted by Gasteiger charge is -2.18. The molecule has 1 saturated carbocycles. The fourth-order valence-corrected chi connectivity index (χ4v) is 2.15. The Labute approximate surface area is 117 Å². The van der Waals surface area contributed by atoms with E-state index >= 15 is 0 Å². The Morgan fingerprint density at radius 2 is 2.25 bits per heavy atom. The Balaban J connectivity index is 1.75. The van der Waals surface area contributed by atoms with E-state index in [9.17, 15) is 9.59 Å². The molecule has 110 valence electrons. The molecule has 2 N–H and O–H groups in total. The zero-order chi connectivity index (χ0) is 14.6. The second-order valence-electron chi connectivity index (χ2n) is 5.39. The van der Waals surface area contributed by atoms with Gasteiger partial charge in [0.05, 0.1) is 12.8 Å². The van der Waals surface area contributed by atoms with E-state index in [1.807, 2.05) is 0 Å². The van der Waals surface area contributed by atoms with Gasteiger partial charge in [-0.1, -0.05) is 0 Å². The first-order valence-electron chi connectivity index (χ1n) is 6.73. The van der Waals surface area contributed by atoms with Gasteiger partial charge in [-0.05, 0) is 36.8 Å². The molecule has 1 aromatic rings. The maximum atomic E-state index is 11.9. The van der Waals surface area contributed by atoms with Crippen LogP contribution in [0.15, 0.2) is 22.8 Å².